The van der Waals surface area contributed by atoms with Gasteiger partial charge < -0.3 is 10.2 Å². The normalized spacial score (nSPS) is 18.7. The molecule has 0 unspecified atom stereocenters. The maximum atomic E-state index is 5.06. The monoisotopic (exact) mass is 291 g/mol. The van der Waals surface area contributed by atoms with Crippen molar-refractivity contribution in [1.29, 1.82) is 0 Å². The molecule has 0 atom stereocenters. The van der Waals surface area contributed by atoms with Crippen molar-refractivity contribution in [2.24, 2.45) is 10.9 Å². The molecule has 0 radical (unpaired) electrons. The second kappa shape index (κ2) is 5.58. The summed E-state index contributed by atoms with van der Waals surface area (Å²) in [6.45, 7) is 2.31. The van der Waals surface area contributed by atoms with Crippen LogP contribution >= 0.6 is 0 Å². The summed E-state index contributed by atoms with van der Waals surface area (Å²) in [5, 5.41) is 3.56. The molecule has 0 saturated carbocycles. The molecule has 1 fully saturated rings. The molecule has 0 spiro atoms. The van der Waals surface area contributed by atoms with Crippen molar-refractivity contribution in [3.05, 3.63) is 54.1 Å². The molecule has 4 rings (SSSR count). The van der Waals surface area contributed by atoms with Gasteiger partial charge in [-0.3, -0.25) is 4.99 Å². The summed E-state index contributed by atoms with van der Waals surface area (Å²) in [7, 11) is 2.20. The number of nitrogens with zero attached hydrogens (tertiary/aromatic N) is 2. The maximum Gasteiger partial charge on any atom is 0.0868 e. The first-order valence-corrected chi connectivity index (χ1v) is 8.04. The Bertz CT molecular complexity index is 712. The Hall–Kier alpha value is -2.13. The highest BCUT2D eigenvalue weighted by atomic mass is 15.1. The summed E-state index contributed by atoms with van der Waals surface area (Å²) in [5.74, 6) is 0.547. The van der Waals surface area contributed by atoms with Gasteiger partial charge in [-0.25, -0.2) is 0 Å². The lowest BCUT2D eigenvalue weighted by Crippen LogP contribution is -2.33. The summed E-state index contributed by atoms with van der Waals surface area (Å²) in [4.78, 5) is 7.47. The SMILES string of the molecule is CN1CCC(C2=Nc3ccccc3Nc3ccccc32)CC1. The summed E-state index contributed by atoms with van der Waals surface area (Å²) in [6, 6.07) is 16.9. The minimum atomic E-state index is 0.547. The van der Waals surface area contributed by atoms with Crippen LogP contribution in [0.25, 0.3) is 0 Å². The van der Waals surface area contributed by atoms with E-state index in [1.807, 2.05) is 0 Å². The molecule has 0 aliphatic carbocycles. The van der Waals surface area contributed by atoms with Gasteiger partial charge in [0.05, 0.1) is 17.1 Å². The van der Waals surface area contributed by atoms with Gasteiger partial charge in [0.2, 0.25) is 0 Å². The predicted molar refractivity (Wildman–Crippen MR) is 92.6 cm³/mol. The van der Waals surface area contributed by atoms with Gasteiger partial charge in [-0.1, -0.05) is 30.3 Å². The van der Waals surface area contributed by atoms with Gasteiger partial charge in [0.1, 0.15) is 0 Å². The van der Waals surface area contributed by atoms with E-state index in [1.54, 1.807) is 0 Å². The van der Waals surface area contributed by atoms with Crippen molar-refractivity contribution in [1.82, 2.24) is 4.90 Å². The number of benzene rings is 2. The third-order valence-electron chi connectivity index (χ3n) is 4.72. The Morgan fingerprint density at radius 1 is 0.955 bits per heavy atom. The number of nitrogens with one attached hydrogen (secondary N) is 1. The van der Waals surface area contributed by atoms with Crippen LogP contribution in [0.15, 0.2) is 53.5 Å². The van der Waals surface area contributed by atoms with Gasteiger partial charge in [0, 0.05) is 17.2 Å². The minimum absolute atomic E-state index is 0.547. The van der Waals surface area contributed by atoms with Crippen LogP contribution in [0.1, 0.15) is 18.4 Å². The lowest BCUT2D eigenvalue weighted by atomic mass is 9.87. The van der Waals surface area contributed by atoms with Crippen LogP contribution in [0.3, 0.4) is 0 Å². The first kappa shape index (κ1) is 13.5. The third kappa shape index (κ3) is 2.42. The van der Waals surface area contributed by atoms with Crippen molar-refractivity contribution in [3.63, 3.8) is 0 Å². The van der Waals surface area contributed by atoms with Crippen LogP contribution < -0.4 is 5.32 Å². The van der Waals surface area contributed by atoms with Gasteiger partial charge in [0.25, 0.3) is 0 Å². The molecule has 2 heterocycles. The van der Waals surface area contributed by atoms with Crippen molar-refractivity contribution in [2.45, 2.75) is 12.8 Å². The van der Waals surface area contributed by atoms with Crippen LogP contribution in [0.5, 0.6) is 0 Å². The van der Waals surface area contributed by atoms with E-state index in [9.17, 15) is 0 Å². The van der Waals surface area contributed by atoms with Crippen LogP contribution in [0.2, 0.25) is 0 Å². The number of para-hydroxylation sites is 3. The first-order chi connectivity index (χ1) is 10.8. The van der Waals surface area contributed by atoms with Gasteiger partial charge in [-0.05, 0) is 51.2 Å². The van der Waals surface area contributed by atoms with Crippen molar-refractivity contribution in [2.75, 3.05) is 25.5 Å². The maximum absolute atomic E-state index is 5.06. The van der Waals surface area contributed by atoms with E-state index in [0.29, 0.717) is 5.92 Å². The molecule has 2 aromatic carbocycles. The Morgan fingerprint density at radius 2 is 1.64 bits per heavy atom. The Kier molecular flexibility index (Phi) is 3.43. The molecule has 0 aromatic heterocycles. The lowest BCUT2D eigenvalue weighted by Gasteiger charge is -2.30. The van der Waals surface area contributed by atoms with Crippen LogP contribution in [0, 0.1) is 5.92 Å². The fourth-order valence-electron chi connectivity index (χ4n) is 3.42. The topological polar surface area (TPSA) is 27.6 Å². The molecular weight excluding hydrogens is 270 g/mol. The summed E-state index contributed by atoms with van der Waals surface area (Å²) >= 11 is 0. The van der Waals surface area contributed by atoms with Crippen LogP contribution in [0.4, 0.5) is 17.1 Å². The van der Waals surface area contributed by atoms with Crippen molar-refractivity contribution < 1.29 is 0 Å². The molecular formula is C19H21N3. The Morgan fingerprint density at radius 3 is 2.45 bits per heavy atom. The molecule has 2 aliphatic heterocycles. The van der Waals surface area contributed by atoms with E-state index < -0.39 is 0 Å². The first-order valence-electron chi connectivity index (χ1n) is 8.04. The summed E-state index contributed by atoms with van der Waals surface area (Å²) in [6.07, 6.45) is 2.37. The second-order valence-corrected chi connectivity index (χ2v) is 6.26. The summed E-state index contributed by atoms with van der Waals surface area (Å²) < 4.78 is 0. The Labute approximate surface area is 131 Å². The highest BCUT2D eigenvalue weighted by Gasteiger charge is 2.26. The highest BCUT2D eigenvalue weighted by molar-refractivity contribution is 6.10. The number of aliphatic imine (C=N–C) groups is 1. The van der Waals surface area contributed by atoms with Gasteiger partial charge in [-0.15, -0.1) is 0 Å². The number of hydrogen-bond donors (Lipinski definition) is 1. The van der Waals surface area contributed by atoms with Gasteiger partial charge in [-0.2, -0.15) is 0 Å². The fourth-order valence-corrected chi connectivity index (χ4v) is 3.42. The molecule has 3 nitrogen and oxygen atoms in total. The average molecular weight is 291 g/mol. The van der Waals surface area contributed by atoms with Crippen LogP contribution in [-0.4, -0.2) is 30.7 Å². The fraction of sp³-hybridized carbons (Fsp3) is 0.316. The van der Waals surface area contributed by atoms with E-state index in [-0.39, 0.29) is 0 Å². The van der Waals surface area contributed by atoms with E-state index in [0.717, 1.165) is 24.5 Å². The number of likely N-dealkylation sites (tertiary alicyclic amines) is 1. The molecule has 1 N–H and O–H groups in total. The highest BCUT2D eigenvalue weighted by Crippen LogP contribution is 2.36. The van der Waals surface area contributed by atoms with Gasteiger partial charge >= 0.3 is 0 Å². The largest absolute Gasteiger partial charge is 0.353 e. The minimum Gasteiger partial charge on any atom is -0.353 e. The van der Waals surface area contributed by atoms with E-state index in [1.165, 1.54) is 29.8 Å². The molecule has 112 valence electrons. The lowest BCUT2D eigenvalue weighted by molar-refractivity contribution is 0.252. The quantitative estimate of drug-likeness (QED) is 0.852. The molecule has 0 amide bonds. The molecule has 0 bridgehead atoms. The van der Waals surface area contributed by atoms with Crippen LogP contribution in [-0.2, 0) is 0 Å². The Balaban J connectivity index is 1.82. The average Bonchev–Trinajstić information content (AvgIpc) is 2.72. The predicted octanol–water partition coefficient (Wildman–Crippen LogP) is 4.21. The van der Waals surface area contributed by atoms with E-state index in [2.05, 4.69) is 65.8 Å². The van der Waals surface area contributed by atoms with Crippen molar-refractivity contribution in [3.8, 4) is 0 Å². The van der Waals surface area contributed by atoms with E-state index in [4.69, 9.17) is 4.99 Å². The molecule has 1 saturated heterocycles. The third-order valence-corrected chi connectivity index (χ3v) is 4.72. The van der Waals surface area contributed by atoms with E-state index >= 15 is 0 Å². The molecule has 2 aromatic rings. The number of hydrogen-bond acceptors (Lipinski definition) is 3. The number of rotatable bonds is 1. The standard InChI is InChI=1S/C19H21N3/c1-22-12-10-14(11-13-22)19-15-6-2-3-7-16(15)20-17-8-4-5-9-18(17)21-19/h2-9,14,20H,10-13H2,1H3. The molecule has 22 heavy (non-hydrogen) atoms. The molecule has 3 heteroatoms. The number of anilines is 2. The van der Waals surface area contributed by atoms with Crippen molar-refractivity contribution >= 4 is 22.8 Å². The zero-order valence-electron chi connectivity index (χ0n) is 12.9. The second-order valence-electron chi connectivity index (χ2n) is 6.26. The number of fused-ring (bicyclic) bond motifs is 2. The zero-order valence-corrected chi connectivity index (χ0v) is 12.9. The molecule has 2 aliphatic rings. The zero-order chi connectivity index (χ0) is 14.9. The summed E-state index contributed by atoms with van der Waals surface area (Å²) in [5.41, 5.74) is 5.82. The smallest absolute Gasteiger partial charge is 0.0868 e. The van der Waals surface area contributed by atoms with Gasteiger partial charge in [0.15, 0.2) is 0 Å². The number of piperidine rings is 1.